The molecule has 0 heterocycles. The molecule has 2 nitrogen and oxygen atoms in total. The van der Waals surface area contributed by atoms with Crippen molar-refractivity contribution in [1.82, 2.24) is 0 Å². The summed E-state index contributed by atoms with van der Waals surface area (Å²) in [5.74, 6) is -3.67. The van der Waals surface area contributed by atoms with Crippen molar-refractivity contribution in [2.24, 2.45) is 5.92 Å². The van der Waals surface area contributed by atoms with Gasteiger partial charge in [0, 0.05) is 11.1 Å². The predicted octanol–water partition coefficient (Wildman–Crippen LogP) is 8.99. The molecule has 2 unspecified atom stereocenters. The van der Waals surface area contributed by atoms with Gasteiger partial charge in [0.2, 0.25) is 5.82 Å². The molecular formula is C34H36F4O2. The van der Waals surface area contributed by atoms with Crippen LogP contribution in [-0.2, 0) is 12.8 Å². The van der Waals surface area contributed by atoms with Crippen molar-refractivity contribution >= 4 is 5.57 Å². The van der Waals surface area contributed by atoms with Crippen molar-refractivity contribution in [2.45, 2.75) is 64.4 Å². The van der Waals surface area contributed by atoms with Crippen LogP contribution >= 0.6 is 0 Å². The molecule has 1 aliphatic rings. The summed E-state index contributed by atoms with van der Waals surface area (Å²) in [6.07, 6.45) is 8.21. The van der Waals surface area contributed by atoms with Crippen molar-refractivity contribution in [2.75, 3.05) is 6.61 Å². The zero-order valence-electron chi connectivity index (χ0n) is 22.9. The molecule has 0 bridgehead atoms. The zero-order valence-corrected chi connectivity index (χ0v) is 22.9. The van der Waals surface area contributed by atoms with Gasteiger partial charge in [-0.2, -0.15) is 4.39 Å². The fourth-order valence-electron chi connectivity index (χ4n) is 5.26. The summed E-state index contributed by atoms with van der Waals surface area (Å²) in [5, 5.41) is 10.3. The van der Waals surface area contributed by atoms with Crippen LogP contribution in [0.3, 0.4) is 0 Å². The minimum atomic E-state index is -1.04. The maximum atomic E-state index is 15.0. The van der Waals surface area contributed by atoms with Crippen molar-refractivity contribution in [1.29, 1.82) is 0 Å². The Bertz CT molecular complexity index is 1350. The van der Waals surface area contributed by atoms with E-state index in [9.17, 15) is 18.3 Å². The minimum absolute atomic E-state index is 0.118. The third-order valence-corrected chi connectivity index (χ3v) is 7.66. The monoisotopic (exact) mass is 552 g/mol. The van der Waals surface area contributed by atoms with Crippen LogP contribution in [0.2, 0.25) is 0 Å². The molecule has 0 amide bonds. The Kier molecular flexibility index (Phi) is 10.2. The SMILES string of the molecule is C=CCCOc1ccc(-c2ccc(CCc3ccc(C4=CCC(C(O)CCC)CC4)c(F)c3F)cc2)c(F)c1F. The van der Waals surface area contributed by atoms with E-state index in [-0.39, 0.29) is 35.5 Å². The van der Waals surface area contributed by atoms with Crippen molar-refractivity contribution in [3.05, 3.63) is 107 Å². The Labute approximate surface area is 234 Å². The second kappa shape index (κ2) is 13.8. The lowest BCUT2D eigenvalue weighted by Gasteiger charge is -2.26. The summed E-state index contributed by atoms with van der Waals surface area (Å²) >= 11 is 0. The Morgan fingerprint density at radius 1 is 0.925 bits per heavy atom. The van der Waals surface area contributed by atoms with Gasteiger partial charge >= 0.3 is 0 Å². The largest absolute Gasteiger partial charge is 0.490 e. The molecule has 212 valence electrons. The van der Waals surface area contributed by atoms with E-state index in [1.807, 2.05) is 13.0 Å². The van der Waals surface area contributed by atoms with E-state index in [2.05, 4.69) is 6.58 Å². The Hall–Kier alpha value is -3.38. The summed E-state index contributed by atoms with van der Waals surface area (Å²) in [4.78, 5) is 0. The third kappa shape index (κ3) is 6.84. The number of aryl methyl sites for hydroxylation is 2. The number of halogens is 4. The number of hydrogen-bond acceptors (Lipinski definition) is 2. The van der Waals surface area contributed by atoms with E-state index in [1.54, 1.807) is 42.5 Å². The number of aliphatic hydroxyl groups is 1. The van der Waals surface area contributed by atoms with E-state index < -0.39 is 23.3 Å². The van der Waals surface area contributed by atoms with Gasteiger partial charge in [-0.05, 0) is 85.3 Å². The molecule has 6 heteroatoms. The highest BCUT2D eigenvalue weighted by Crippen LogP contribution is 2.35. The molecular weight excluding hydrogens is 516 g/mol. The molecule has 0 spiro atoms. The molecule has 0 radical (unpaired) electrons. The van der Waals surface area contributed by atoms with Crippen LogP contribution in [0.15, 0.2) is 67.3 Å². The number of rotatable bonds is 12. The first kappa shape index (κ1) is 29.6. The fraction of sp³-hybridized carbons (Fsp3) is 0.353. The molecule has 2 atom stereocenters. The van der Waals surface area contributed by atoms with Crippen molar-refractivity contribution in [3.63, 3.8) is 0 Å². The van der Waals surface area contributed by atoms with Crippen LogP contribution in [0.25, 0.3) is 16.7 Å². The first-order valence-electron chi connectivity index (χ1n) is 14.0. The molecule has 0 aliphatic heterocycles. The number of benzene rings is 3. The molecule has 0 saturated heterocycles. The molecule has 4 rings (SSSR count). The first-order chi connectivity index (χ1) is 19.3. The average Bonchev–Trinajstić information content (AvgIpc) is 2.97. The van der Waals surface area contributed by atoms with Crippen LogP contribution in [0.1, 0.15) is 62.1 Å². The molecule has 1 N–H and O–H groups in total. The summed E-state index contributed by atoms with van der Waals surface area (Å²) in [7, 11) is 0. The second-order valence-electron chi connectivity index (χ2n) is 10.4. The number of ether oxygens (including phenoxy) is 1. The maximum Gasteiger partial charge on any atom is 0.201 e. The van der Waals surface area contributed by atoms with Gasteiger partial charge in [-0.3, -0.25) is 0 Å². The molecule has 1 aliphatic carbocycles. The lowest BCUT2D eigenvalue weighted by molar-refractivity contribution is 0.0934. The maximum absolute atomic E-state index is 15.0. The van der Waals surface area contributed by atoms with Gasteiger partial charge < -0.3 is 9.84 Å². The molecule has 3 aromatic rings. The summed E-state index contributed by atoms with van der Waals surface area (Å²) in [6, 6.07) is 13.1. The first-order valence-corrected chi connectivity index (χ1v) is 14.0. The quantitative estimate of drug-likeness (QED) is 0.138. The van der Waals surface area contributed by atoms with Crippen LogP contribution in [0.4, 0.5) is 17.6 Å². The standard InChI is InChI=1S/C34H36F4O2/c1-3-5-21-40-30-20-19-28(33(37)34(30)38)23-10-7-22(8-11-23)9-12-26-17-18-27(32(36)31(26)35)24-13-15-25(16-14-24)29(39)6-4-2/h3,7-8,10-11,13,17-20,25,29,39H,1,4-6,9,12,14-16,21H2,2H3. The molecule has 0 fully saturated rings. The highest BCUT2D eigenvalue weighted by Gasteiger charge is 2.24. The Morgan fingerprint density at radius 2 is 1.65 bits per heavy atom. The van der Waals surface area contributed by atoms with Crippen molar-refractivity contribution < 1.29 is 27.4 Å². The lowest BCUT2D eigenvalue weighted by atomic mass is 9.82. The van der Waals surface area contributed by atoms with Crippen LogP contribution in [-0.4, -0.2) is 17.8 Å². The molecule has 3 aromatic carbocycles. The molecule has 40 heavy (non-hydrogen) atoms. The van der Waals surface area contributed by atoms with Crippen LogP contribution in [0.5, 0.6) is 5.75 Å². The van der Waals surface area contributed by atoms with Crippen LogP contribution in [0, 0.1) is 29.2 Å². The summed E-state index contributed by atoms with van der Waals surface area (Å²) in [5.41, 5.74) is 2.86. The number of aliphatic hydroxyl groups excluding tert-OH is 1. The van der Waals surface area contributed by atoms with Gasteiger partial charge in [0.1, 0.15) is 0 Å². The average molecular weight is 553 g/mol. The predicted molar refractivity (Wildman–Crippen MR) is 152 cm³/mol. The van der Waals surface area contributed by atoms with E-state index >= 15 is 4.39 Å². The zero-order chi connectivity index (χ0) is 28.6. The Balaban J connectivity index is 1.40. The fourth-order valence-corrected chi connectivity index (χ4v) is 5.26. The summed E-state index contributed by atoms with van der Waals surface area (Å²) in [6.45, 7) is 5.82. The van der Waals surface area contributed by atoms with Gasteiger partial charge in [-0.15, -0.1) is 6.58 Å². The molecule has 0 aromatic heterocycles. The highest BCUT2D eigenvalue weighted by atomic mass is 19.2. The van der Waals surface area contributed by atoms with E-state index in [0.29, 0.717) is 43.2 Å². The summed E-state index contributed by atoms with van der Waals surface area (Å²) < 4.78 is 64.4. The normalized spacial score (nSPS) is 15.9. The molecule has 0 saturated carbocycles. The highest BCUT2D eigenvalue weighted by molar-refractivity contribution is 5.67. The Morgan fingerprint density at radius 3 is 2.33 bits per heavy atom. The topological polar surface area (TPSA) is 29.5 Å². The van der Waals surface area contributed by atoms with Gasteiger partial charge in [-0.25, -0.2) is 13.2 Å². The minimum Gasteiger partial charge on any atom is -0.490 e. The van der Waals surface area contributed by atoms with E-state index in [0.717, 1.165) is 30.4 Å². The van der Waals surface area contributed by atoms with E-state index in [1.165, 1.54) is 12.1 Å². The third-order valence-electron chi connectivity index (χ3n) is 7.66. The van der Waals surface area contributed by atoms with Gasteiger partial charge in [-0.1, -0.05) is 61.9 Å². The lowest BCUT2D eigenvalue weighted by Crippen LogP contribution is -2.22. The smallest absolute Gasteiger partial charge is 0.201 e. The number of allylic oxidation sites excluding steroid dienone is 2. The van der Waals surface area contributed by atoms with E-state index in [4.69, 9.17) is 4.74 Å². The van der Waals surface area contributed by atoms with Crippen LogP contribution < -0.4 is 4.74 Å². The van der Waals surface area contributed by atoms with Gasteiger partial charge in [0.05, 0.1) is 12.7 Å². The van der Waals surface area contributed by atoms with Crippen molar-refractivity contribution in [3.8, 4) is 16.9 Å². The van der Waals surface area contributed by atoms with Gasteiger partial charge in [0.15, 0.2) is 23.2 Å². The number of hydrogen-bond donors (Lipinski definition) is 1. The van der Waals surface area contributed by atoms with Gasteiger partial charge in [0.25, 0.3) is 0 Å². The second-order valence-corrected chi connectivity index (χ2v) is 10.4.